The van der Waals surface area contributed by atoms with Crippen molar-refractivity contribution in [2.24, 2.45) is 17.6 Å². The molecule has 1 saturated carbocycles. The van der Waals surface area contributed by atoms with Crippen molar-refractivity contribution in [3.63, 3.8) is 0 Å². The molecule has 0 spiro atoms. The van der Waals surface area contributed by atoms with Gasteiger partial charge in [-0.1, -0.05) is 0 Å². The first kappa shape index (κ1) is 29.2. The van der Waals surface area contributed by atoms with E-state index in [1.54, 1.807) is 6.07 Å². The lowest BCUT2D eigenvalue weighted by molar-refractivity contribution is -0.274. The maximum atomic E-state index is 12.6. The van der Waals surface area contributed by atoms with Crippen molar-refractivity contribution >= 4 is 11.4 Å². The van der Waals surface area contributed by atoms with Crippen LogP contribution in [0.1, 0.15) is 32.1 Å². The quantitative estimate of drug-likeness (QED) is 0.259. The van der Waals surface area contributed by atoms with Crippen molar-refractivity contribution in [2.75, 3.05) is 44.1 Å². The molecule has 6 rings (SSSR count). The molecule has 0 amide bonds. The minimum absolute atomic E-state index is 0.0116. The number of hydrogen-bond donors (Lipinski definition) is 6. The fourth-order valence-corrected chi connectivity index (χ4v) is 7.31. The molecule has 4 fully saturated rings. The number of anilines is 2. The van der Waals surface area contributed by atoms with Crippen molar-refractivity contribution in [3.05, 3.63) is 18.2 Å². The SMILES string of the molecule is CN1c2cc(OC(F)(F)F)ccc2NC1CC[C@H]1C[C@H](N(C)C[C@H]2O[C@@H](N3CCC4C(N)NCNC43)[C@H](O)[C@@H]2O)C1. The van der Waals surface area contributed by atoms with E-state index in [0.717, 1.165) is 44.3 Å². The Morgan fingerprint density at radius 3 is 2.71 bits per heavy atom. The average Bonchev–Trinajstić information content (AvgIpc) is 3.53. The number of benzene rings is 1. The molecule has 1 aliphatic carbocycles. The Labute approximate surface area is 238 Å². The van der Waals surface area contributed by atoms with Crippen molar-refractivity contribution in [1.82, 2.24) is 20.4 Å². The van der Waals surface area contributed by atoms with Gasteiger partial charge in [-0.05, 0) is 57.2 Å². The van der Waals surface area contributed by atoms with Gasteiger partial charge in [0.15, 0.2) is 0 Å². The second-order valence-electron chi connectivity index (χ2n) is 12.3. The maximum absolute atomic E-state index is 12.6. The Morgan fingerprint density at radius 1 is 1.17 bits per heavy atom. The highest BCUT2D eigenvalue weighted by atomic mass is 19.4. The summed E-state index contributed by atoms with van der Waals surface area (Å²) in [5.74, 6) is 0.553. The van der Waals surface area contributed by atoms with Crippen LogP contribution in [0.2, 0.25) is 0 Å². The van der Waals surface area contributed by atoms with Gasteiger partial charge in [-0.2, -0.15) is 0 Å². The minimum Gasteiger partial charge on any atom is -0.406 e. The first-order valence-corrected chi connectivity index (χ1v) is 14.6. The zero-order chi connectivity index (χ0) is 29.1. The zero-order valence-corrected chi connectivity index (χ0v) is 23.4. The Morgan fingerprint density at radius 2 is 1.95 bits per heavy atom. The number of likely N-dealkylation sites (N-methyl/N-ethyl adjacent to an activating group) is 1. The second-order valence-corrected chi connectivity index (χ2v) is 12.3. The van der Waals surface area contributed by atoms with Gasteiger partial charge in [0.05, 0.1) is 29.9 Å². The summed E-state index contributed by atoms with van der Waals surface area (Å²) < 4.78 is 48.2. The Balaban J connectivity index is 0.948. The number of aliphatic hydroxyl groups excluding tert-OH is 2. The molecular weight excluding hydrogens is 543 g/mol. The molecule has 4 heterocycles. The molecule has 11 nitrogen and oxygen atoms in total. The number of nitrogens with two attached hydrogens (primary N) is 1. The fraction of sp³-hybridized carbons (Fsp3) is 0.778. The normalized spacial score (nSPS) is 39.0. The zero-order valence-electron chi connectivity index (χ0n) is 23.4. The van der Waals surface area contributed by atoms with Gasteiger partial charge < -0.3 is 40.5 Å². The van der Waals surface area contributed by atoms with E-state index in [9.17, 15) is 23.4 Å². The lowest BCUT2D eigenvalue weighted by atomic mass is 9.76. The smallest absolute Gasteiger partial charge is 0.406 e. The number of nitrogens with one attached hydrogen (secondary N) is 3. The van der Waals surface area contributed by atoms with Gasteiger partial charge in [0.2, 0.25) is 0 Å². The number of halogens is 3. The van der Waals surface area contributed by atoms with Gasteiger partial charge in [0.25, 0.3) is 0 Å². The van der Waals surface area contributed by atoms with Crippen LogP contribution in [0.15, 0.2) is 18.2 Å². The average molecular weight is 586 g/mol. The molecular formula is C27H42F3N7O4. The summed E-state index contributed by atoms with van der Waals surface area (Å²) in [6.07, 6.45) is -2.96. The third-order valence-corrected chi connectivity index (χ3v) is 9.78. The van der Waals surface area contributed by atoms with Crippen LogP contribution >= 0.6 is 0 Å². The number of aliphatic hydroxyl groups is 2. The largest absolute Gasteiger partial charge is 0.573 e. The third-order valence-electron chi connectivity index (χ3n) is 9.78. The van der Waals surface area contributed by atoms with Crippen LogP contribution in [0, 0.1) is 11.8 Å². The second kappa shape index (κ2) is 11.3. The van der Waals surface area contributed by atoms with Gasteiger partial charge in [0, 0.05) is 44.8 Å². The van der Waals surface area contributed by atoms with Gasteiger partial charge in [-0.3, -0.25) is 15.5 Å². The van der Waals surface area contributed by atoms with Gasteiger partial charge in [-0.25, -0.2) is 0 Å². The summed E-state index contributed by atoms with van der Waals surface area (Å²) >= 11 is 0. The fourth-order valence-electron chi connectivity index (χ4n) is 7.31. The van der Waals surface area contributed by atoms with Crippen LogP contribution in [-0.4, -0.2) is 109 Å². The number of rotatable bonds is 8. The third kappa shape index (κ3) is 5.85. The molecule has 5 aliphatic rings. The Kier molecular flexibility index (Phi) is 8.04. The number of ether oxygens (including phenoxy) is 2. The Hall–Kier alpha value is -1.91. The molecule has 1 aromatic carbocycles. The molecule has 0 aromatic heterocycles. The van der Waals surface area contributed by atoms with E-state index >= 15 is 0 Å². The number of fused-ring (bicyclic) bond motifs is 2. The predicted octanol–water partition coefficient (Wildman–Crippen LogP) is 0.793. The lowest BCUT2D eigenvalue weighted by Gasteiger charge is -2.43. The van der Waals surface area contributed by atoms with Crippen molar-refractivity contribution < 1.29 is 32.9 Å². The highest BCUT2D eigenvalue weighted by Crippen LogP contribution is 2.41. The van der Waals surface area contributed by atoms with Crippen LogP contribution in [0.4, 0.5) is 24.5 Å². The van der Waals surface area contributed by atoms with E-state index in [1.807, 2.05) is 19.0 Å². The first-order valence-electron chi connectivity index (χ1n) is 14.6. The minimum atomic E-state index is -4.72. The maximum Gasteiger partial charge on any atom is 0.573 e. The van der Waals surface area contributed by atoms with Gasteiger partial charge >= 0.3 is 6.36 Å². The van der Waals surface area contributed by atoms with Crippen LogP contribution in [0.25, 0.3) is 0 Å². The molecule has 4 unspecified atom stereocenters. The molecule has 230 valence electrons. The number of likely N-dealkylation sites (tertiary alicyclic amines) is 1. The molecule has 0 bridgehead atoms. The molecule has 8 atom stereocenters. The van der Waals surface area contributed by atoms with Crippen LogP contribution in [0.3, 0.4) is 0 Å². The molecule has 0 radical (unpaired) electrons. The molecule has 1 aromatic rings. The van der Waals surface area contributed by atoms with Crippen molar-refractivity contribution in [1.29, 1.82) is 0 Å². The van der Waals surface area contributed by atoms with E-state index in [2.05, 4.69) is 30.5 Å². The molecule has 14 heteroatoms. The monoisotopic (exact) mass is 585 g/mol. The summed E-state index contributed by atoms with van der Waals surface area (Å²) in [4.78, 5) is 6.30. The highest BCUT2D eigenvalue weighted by molar-refractivity contribution is 5.77. The van der Waals surface area contributed by atoms with E-state index in [0.29, 0.717) is 30.9 Å². The topological polar surface area (TPSA) is 131 Å². The summed E-state index contributed by atoms with van der Waals surface area (Å²) in [6, 6.07) is 4.75. The summed E-state index contributed by atoms with van der Waals surface area (Å²) in [5, 5.41) is 31.7. The van der Waals surface area contributed by atoms with E-state index in [4.69, 9.17) is 10.5 Å². The van der Waals surface area contributed by atoms with Crippen molar-refractivity contribution in [3.8, 4) is 5.75 Å². The van der Waals surface area contributed by atoms with E-state index in [1.165, 1.54) is 12.1 Å². The molecule has 41 heavy (non-hydrogen) atoms. The predicted molar refractivity (Wildman–Crippen MR) is 146 cm³/mol. The highest BCUT2D eigenvalue weighted by Gasteiger charge is 2.52. The lowest BCUT2D eigenvalue weighted by Crippen LogP contribution is -2.64. The molecule has 4 aliphatic heterocycles. The van der Waals surface area contributed by atoms with Crippen LogP contribution in [-0.2, 0) is 4.74 Å². The van der Waals surface area contributed by atoms with E-state index < -0.39 is 30.9 Å². The number of hydrogen-bond acceptors (Lipinski definition) is 11. The van der Waals surface area contributed by atoms with Crippen LogP contribution < -0.4 is 31.3 Å². The molecule has 7 N–H and O–H groups in total. The first-order chi connectivity index (χ1) is 19.5. The Bertz CT molecular complexity index is 1080. The number of nitrogens with zero attached hydrogens (tertiary/aromatic N) is 3. The number of alkyl halides is 3. The van der Waals surface area contributed by atoms with Crippen molar-refractivity contribution in [2.45, 2.75) is 87.5 Å². The van der Waals surface area contributed by atoms with Gasteiger partial charge in [0.1, 0.15) is 30.3 Å². The van der Waals surface area contributed by atoms with Gasteiger partial charge in [-0.15, -0.1) is 13.2 Å². The summed E-state index contributed by atoms with van der Waals surface area (Å²) in [5.41, 5.74) is 7.73. The summed E-state index contributed by atoms with van der Waals surface area (Å²) in [6.45, 7) is 1.88. The van der Waals surface area contributed by atoms with Crippen LogP contribution in [0.5, 0.6) is 5.75 Å². The standard InChI is InChI=1S/C27H42F3N7O4/c1-35(12-20-22(38)23(39)26(40-20)37-8-7-17-24(31)32-13-33-25(17)37)15-9-14(10-15)3-6-21-34-18-5-4-16(41-27(28,29)30)11-19(18)36(21)2/h4-5,11,14-15,17,20-26,32-34,38-39H,3,6-10,12-13,31H2,1-2H3/t14-,15-,17?,20-,21?,22-,23-,24?,25?,26-/m1/s1. The summed E-state index contributed by atoms with van der Waals surface area (Å²) in [7, 11) is 3.92. The molecule has 3 saturated heterocycles. The van der Waals surface area contributed by atoms with E-state index in [-0.39, 0.29) is 30.2 Å².